The highest BCUT2D eigenvalue weighted by Crippen LogP contribution is 2.26. The van der Waals surface area contributed by atoms with Crippen LogP contribution in [0, 0.1) is 0 Å². The lowest BCUT2D eigenvalue weighted by molar-refractivity contribution is 0.414. The van der Waals surface area contributed by atoms with E-state index < -0.39 is 5.56 Å². The van der Waals surface area contributed by atoms with Crippen molar-refractivity contribution in [3.63, 3.8) is 0 Å². The van der Waals surface area contributed by atoms with Gasteiger partial charge in [-0.25, -0.2) is 0 Å². The lowest BCUT2D eigenvalue weighted by Gasteiger charge is -2.10. The number of fused-ring (bicyclic) bond motifs is 1. The number of methoxy groups -OCH3 is 2. The number of ether oxygens (including phenoxy) is 2. The molecule has 0 spiro atoms. The van der Waals surface area contributed by atoms with Gasteiger partial charge >= 0.3 is 0 Å². The normalized spacial score (nSPS) is 11.1. The van der Waals surface area contributed by atoms with Gasteiger partial charge in [-0.05, 0) is 41.1 Å². The Kier molecular flexibility index (Phi) is 5.86. The summed E-state index contributed by atoms with van der Waals surface area (Å²) in [6.07, 6.45) is 3.08. The van der Waals surface area contributed by atoms with Crippen molar-refractivity contribution in [1.82, 2.24) is 9.78 Å². The number of aromatic nitrogens is 2. The molecule has 0 saturated heterocycles. The van der Waals surface area contributed by atoms with Crippen LogP contribution in [0.4, 0.5) is 5.69 Å². The second kappa shape index (κ2) is 8.89. The molecule has 0 bridgehead atoms. The topological polar surface area (TPSA) is 77.7 Å². The van der Waals surface area contributed by atoms with Crippen LogP contribution in [0.1, 0.15) is 5.56 Å². The molecule has 0 atom stereocenters. The van der Waals surface area contributed by atoms with E-state index in [1.54, 1.807) is 44.7 Å². The number of nitrogens with zero attached hydrogens (tertiary/aromatic N) is 3. The minimum Gasteiger partial charge on any atom is -0.497 e. The number of hydrazone groups is 1. The molecule has 0 aliphatic carbocycles. The SMILES string of the molecule is COc1ccc(-n2ncc(N/N=C\c3c(OC)ccc4ccccc34)c(Cl)c2=O)cc1. The first-order chi connectivity index (χ1) is 15.1. The molecule has 0 fully saturated rings. The number of anilines is 1. The third-order valence-electron chi connectivity index (χ3n) is 4.77. The van der Waals surface area contributed by atoms with Crippen molar-refractivity contribution in [3.8, 4) is 17.2 Å². The summed E-state index contributed by atoms with van der Waals surface area (Å²) in [5, 5.41) is 10.5. The fourth-order valence-corrected chi connectivity index (χ4v) is 3.34. The fourth-order valence-electron chi connectivity index (χ4n) is 3.17. The van der Waals surface area contributed by atoms with Gasteiger partial charge in [-0.2, -0.15) is 14.9 Å². The van der Waals surface area contributed by atoms with Crippen molar-refractivity contribution in [2.24, 2.45) is 5.10 Å². The molecule has 1 heterocycles. The monoisotopic (exact) mass is 434 g/mol. The van der Waals surface area contributed by atoms with Crippen LogP contribution in [0.2, 0.25) is 5.02 Å². The Balaban J connectivity index is 1.62. The predicted molar refractivity (Wildman–Crippen MR) is 123 cm³/mol. The van der Waals surface area contributed by atoms with Crippen LogP contribution >= 0.6 is 11.6 Å². The van der Waals surface area contributed by atoms with Gasteiger partial charge < -0.3 is 9.47 Å². The average Bonchev–Trinajstić information content (AvgIpc) is 2.82. The van der Waals surface area contributed by atoms with E-state index in [0.29, 0.717) is 22.9 Å². The van der Waals surface area contributed by atoms with Gasteiger partial charge in [0.1, 0.15) is 22.2 Å². The number of rotatable bonds is 6. The van der Waals surface area contributed by atoms with Gasteiger partial charge in [-0.15, -0.1) is 0 Å². The number of benzene rings is 3. The van der Waals surface area contributed by atoms with Crippen molar-refractivity contribution >= 4 is 34.3 Å². The number of hydrogen-bond acceptors (Lipinski definition) is 6. The van der Waals surface area contributed by atoms with E-state index in [0.717, 1.165) is 16.3 Å². The molecule has 0 saturated carbocycles. The van der Waals surface area contributed by atoms with Gasteiger partial charge in [-0.3, -0.25) is 10.2 Å². The summed E-state index contributed by atoms with van der Waals surface area (Å²) >= 11 is 6.28. The molecule has 4 aromatic rings. The smallest absolute Gasteiger partial charge is 0.292 e. The summed E-state index contributed by atoms with van der Waals surface area (Å²) in [5.74, 6) is 1.36. The number of halogens is 1. The van der Waals surface area contributed by atoms with E-state index in [9.17, 15) is 4.79 Å². The fraction of sp³-hybridized carbons (Fsp3) is 0.0870. The summed E-state index contributed by atoms with van der Waals surface area (Å²) < 4.78 is 11.8. The first kappa shape index (κ1) is 20.4. The highest BCUT2D eigenvalue weighted by Gasteiger charge is 2.11. The largest absolute Gasteiger partial charge is 0.497 e. The van der Waals surface area contributed by atoms with E-state index in [2.05, 4.69) is 15.6 Å². The maximum absolute atomic E-state index is 12.7. The van der Waals surface area contributed by atoms with Crippen LogP contribution < -0.4 is 20.5 Å². The summed E-state index contributed by atoms with van der Waals surface area (Å²) in [6, 6.07) is 18.7. The van der Waals surface area contributed by atoms with Crippen molar-refractivity contribution in [3.05, 3.63) is 87.8 Å². The van der Waals surface area contributed by atoms with Gasteiger partial charge in [-0.1, -0.05) is 41.9 Å². The number of hydrogen-bond donors (Lipinski definition) is 1. The van der Waals surface area contributed by atoms with Gasteiger partial charge in [0.15, 0.2) is 0 Å². The highest BCUT2D eigenvalue weighted by atomic mass is 35.5. The standard InChI is InChI=1S/C23H19ClN4O3/c1-30-17-10-8-16(9-11-17)28-23(29)22(24)20(14-26-28)27-25-13-19-18-6-4-3-5-15(18)7-12-21(19)31-2/h3-14,27H,1-2H3/b25-13-. The third-order valence-corrected chi connectivity index (χ3v) is 5.13. The molecule has 0 aliphatic rings. The first-order valence-corrected chi connectivity index (χ1v) is 9.77. The second-order valence-corrected chi connectivity index (χ2v) is 6.94. The van der Waals surface area contributed by atoms with Crippen LogP contribution in [0.3, 0.4) is 0 Å². The predicted octanol–water partition coefficient (Wildman–Crippen LogP) is 4.50. The molecule has 0 radical (unpaired) electrons. The molecule has 4 rings (SSSR count). The molecule has 8 heteroatoms. The quantitative estimate of drug-likeness (QED) is 0.357. The Bertz CT molecular complexity index is 1320. The second-order valence-electron chi connectivity index (χ2n) is 6.56. The van der Waals surface area contributed by atoms with Crippen molar-refractivity contribution in [1.29, 1.82) is 0 Å². The molecule has 1 aromatic heterocycles. The molecule has 31 heavy (non-hydrogen) atoms. The zero-order valence-corrected chi connectivity index (χ0v) is 17.6. The van der Waals surface area contributed by atoms with Gasteiger partial charge in [0.05, 0.1) is 32.3 Å². The summed E-state index contributed by atoms with van der Waals surface area (Å²) in [6.45, 7) is 0. The Morgan fingerprint density at radius 2 is 1.81 bits per heavy atom. The minimum atomic E-state index is -0.463. The molecule has 0 unspecified atom stereocenters. The van der Waals surface area contributed by atoms with E-state index in [-0.39, 0.29) is 5.02 Å². The number of nitrogens with one attached hydrogen (secondary N) is 1. The minimum absolute atomic E-state index is 0.0205. The zero-order valence-electron chi connectivity index (χ0n) is 16.9. The van der Waals surface area contributed by atoms with Crippen molar-refractivity contribution < 1.29 is 9.47 Å². The lowest BCUT2D eigenvalue weighted by Crippen LogP contribution is -2.22. The maximum atomic E-state index is 12.7. The van der Waals surface area contributed by atoms with Crippen LogP contribution in [0.15, 0.2) is 76.8 Å². The summed E-state index contributed by atoms with van der Waals surface area (Å²) in [4.78, 5) is 12.7. The molecule has 156 valence electrons. The molecule has 0 aliphatic heterocycles. The molecule has 1 N–H and O–H groups in total. The average molecular weight is 435 g/mol. The van der Waals surface area contributed by atoms with Crippen molar-refractivity contribution in [2.45, 2.75) is 0 Å². The van der Waals surface area contributed by atoms with Crippen LogP contribution in [-0.2, 0) is 0 Å². The van der Waals surface area contributed by atoms with Gasteiger partial charge in [0.25, 0.3) is 5.56 Å². The molecule has 7 nitrogen and oxygen atoms in total. The van der Waals surface area contributed by atoms with Crippen LogP contribution in [-0.4, -0.2) is 30.2 Å². The third kappa shape index (κ3) is 4.08. The molecular formula is C23H19ClN4O3. The molecule has 3 aromatic carbocycles. The Morgan fingerprint density at radius 1 is 1.03 bits per heavy atom. The molecular weight excluding hydrogens is 416 g/mol. The van der Waals surface area contributed by atoms with E-state index >= 15 is 0 Å². The van der Waals surface area contributed by atoms with Crippen LogP contribution in [0.25, 0.3) is 16.5 Å². The van der Waals surface area contributed by atoms with Crippen LogP contribution in [0.5, 0.6) is 11.5 Å². The summed E-state index contributed by atoms with van der Waals surface area (Å²) in [7, 11) is 3.18. The Morgan fingerprint density at radius 3 is 2.55 bits per heavy atom. The molecule has 0 amide bonds. The maximum Gasteiger partial charge on any atom is 0.292 e. The Labute approximate surface area is 183 Å². The first-order valence-electron chi connectivity index (χ1n) is 9.39. The Hall–Kier alpha value is -3.84. The highest BCUT2D eigenvalue weighted by molar-refractivity contribution is 6.33. The van der Waals surface area contributed by atoms with E-state index in [1.165, 1.54) is 10.9 Å². The summed E-state index contributed by atoms with van der Waals surface area (Å²) in [5.41, 5.74) is 4.02. The van der Waals surface area contributed by atoms with E-state index in [1.807, 2.05) is 36.4 Å². The zero-order chi connectivity index (χ0) is 21.8. The van der Waals surface area contributed by atoms with Gasteiger partial charge in [0.2, 0.25) is 0 Å². The van der Waals surface area contributed by atoms with Crippen molar-refractivity contribution in [2.75, 3.05) is 19.6 Å². The lowest BCUT2D eigenvalue weighted by atomic mass is 10.0. The van der Waals surface area contributed by atoms with E-state index in [4.69, 9.17) is 21.1 Å². The van der Waals surface area contributed by atoms with Gasteiger partial charge in [0, 0.05) is 5.56 Å².